The van der Waals surface area contributed by atoms with E-state index in [4.69, 9.17) is 28.7 Å². The predicted octanol–water partition coefficient (Wildman–Crippen LogP) is 5.64. The fourth-order valence-electron chi connectivity index (χ4n) is 7.01. The van der Waals surface area contributed by atoms with Gasteiger partial charge in [0.1, 0.15) is 35.1 Å². The lowest BCUT2D eigenvalue weighted by atomic mass is 9.88. The molecule has 1 aliphatic heterocycles. The Bertz CT molecular complexity index is 2620. The maximum Gasteiger partial charge on any atom is 0.326 e. The van der Waals surface area contributed by atoms with Gasteiger partial charge in [-0.05, 0) is 68.5 Å². The Morgan fingerprint density at radius 3 is 2.26 bits per heavy atom. The summed E-state index contributed by atoms with van der Waals surface area (Å²) in [6.07, 6.45) is 7.13. The number of carboxylic acid groups (broad SMARTS) is 1. The summed E-state index contributed by atoms with van der Waals surface area (Å²) in [4.78, 5) is 74.0. The van der Waals surface area contributed by atoms with E-state index in [0.717, 1.165) is 0 Å². The number of anilines is 2. The molecule has 0 aliphatic carbocycles. The summed E-state index contributed by atoms with van der Waals surface area (Å²) in [6.45, 7) is 12.7. The van der Waals surface area contributed by atoms with Gasteiger partial charge in [0, 0.05) is 67.7 Å². The van der Waals surface area contributed by atoms with E-state index in [1.165, 1.54) is 18.3 Å². The van der Waals surface area contributed by atoms with Crippen molar-refractivity contribution in [3.8, 4) is 34.7 Å². The van der Waals surface area contributed by atoms with Crippen LogP contribution < -0.4 is 30.3 Å². The molecule has 4 aromatic heterocycles. The standard InChI is InChI=1S/C50H58N10O10/c1-49(2,3)16-15-40(47(64)65)59-46(63)33-11-14-43(55-28-33)70-37-10-6-9-36(26-37)69-32-42(61)53-18-20-66-22-24-68-25-23-67-21-19-54-48-56-29-35(30-57-48)39-13-12-38-44(62)50(4,5)60(45(38)58-39)31-34-8-7-17-52-41(34)27-51/h6-14,17,26,28-30,40H,15-16,18-25,31-32H2,1-5H3,(H,53,61)(H,59,63)(H,64,65)(H,54,56,57)/t40-/m0/s1. The molecule has 0 spiro atoms. The lowest BCUT2D eigenvalue weighted by molar-refractivity contribution is -0.139. The molecule has 5 aromatic rings. The highest BCUT2D eigenvalue weighted by Crippen LogP contribution is 2.40. The van der Waals surface area contributed by atoms with Crippen molar-refractivity contribution in [2.75, 3.05) is 69.6 Å². The van der Waals surface area contributed by atoms with Gasteiger partial charge in [-0.15, -0.1) is 0 Å². The third-order valence-corrected chi connectivity index (χ3v) is 10.9. The van der Waals surface area contributed by atoms with E-state index in [-0.39, 0.29) is 48.3 Å². The second-order valence-corrected chi connectivity index (χ2v) is 17.8. The van der Waals surface area contributed by atoms with Crippen molar-refractivity contribution >= 4 is 35.3 Å². The van der Waals surface area contributed by atoms with Gasteiger partial charge in [-0.1, -0.05) is 32.9 Å². The van der Waals surface area contributed by atoms with Crippen LogP contribution in [0, 0.1) is 16.7 Å². The first-order chi connectivity index (χ1) is 33.6. The van der Waals surface area contributed by atoms with Crippen LogP contribution in [0.5, 0.6) is 17.4 Å². The zero-order chi connectivity index (χ0) is 50.1. The van der Waals surface area contributed by atoms with Crippen LogP contribution in [0.25, 0.3) is 11.3 Å². The van der Waals surface area contributed by atoms with Gasteiger partial charge in [-0.3, -0.25) is 14.4 Å². The number of amides is 2. The molecule has 2 amide bonds. The summed E-state index contributed by atoms with van der Waals surface area (Å²) >= 11 is 0. The first-order valence-corrected chi connectivity index (χ1v) is 22.8. The van der Waals surface area contributed by atoms with Gasteiger partial charge >= 0.3 is 5.97 Å². The highest BCUT2D eigenvalue weighted by atomic mass is 16.5. The molecule has 0 radical (unpaired) electrons. The fraction of sp³-hybridized carbons (Fsp3) is 0.400. The van der Waals surface area contributed by atoms with Crippen molar-refractivity contribution in [1.29, 1.82) is 5.26 Å². The van der Waals surface area contributed by atoms with Gasteiger partial charge in [-0.2, -0.15) is 5.26 Å². The topological polar surface area (TPSA) is 262 Å². The summed E-state index contributed by atoms with van der Waals surface area (Å²) in [5.74, 6) is -0.0826. The number of aliphatic carboxylic acids is 1. The number of ether oxygens (including phenoxy) is 5. The number of rotatable bonds is 26. The Morgan fingerprint density at radius 2 is 1.57 bits per heavy atom. The first-order valence-electron chi connectivity index (χ1n) is 22.8. The van der Waals surface area contributed by atoms with E-state index in [9.17, 15) is 29.5 Å². The van der Waals surface area contributed by atoms with E-state index in [1.54, 1.807) is 61.1 Å². The number of ketones is 1. The summed E-state index contributed by atoms with van der Waals surface area (Å²) in [5, 5.41) is 27.5. The van der Waals surface area contributed by atoms with Crippen molar-refractivity contribution < 1.29 is 48.0 Å². The maximum absolute atomic E-state index is 13.3. The third-order valence-electron chi connectivity index (χ3n) is 10.9. The van der Waals surface area contributed by atoms with E-state index < -0.39 is 23.5 Å². The number of carboxylic acids is 1. The van der Waals surface area contributed by atoms with Gasteiger partial charge in [-0.25, -0.2) is 29.7 Å². The molecule has 20 nitrogen and oxygen atoms in total. The van der Waals surface area contributed by atoms with Gasteiger partial charge in [0.2, 0.25) is 11.8 Å². The van der Waals surface area contributed by atoms with E-state index >= 15 is 0 Å². The van der Waals surface area contributed by atoms with Gasteiger partial charge in [0.15, 0.2) is 12.4 Å². The monoisotopic (exact) mass is 958 g/mol. The fourth-order valence-corrected chi connectivity index (χ4v) is 7.01. The van der Waals surface area contributed by atoms with Crippen molar-refractivity contribution in [2.45, 2.75) is 65.6 Å². The number of carbonyl (C=O) groups excluding carboxylic acids is 3. The molecule has 4 N–H and O–H groups in total. The molecular weight excluding hydrogens is 901 g/mol. The van der Waals surface area contributed by atoms with E-state index in [1.807, 2.05) is 45.6 Å². The number of carbonyl (C=O) groups is 4. The third kappa shape index (κ3) is 14.9. The minimum atomic E-state index is -1.10. The van der Waals surface area contributed by atoms with Crippen LogP contribution in [0.1, 0.15) is 79.4 Å². The van der Waals surface area contributed by atoms with Crippen molar-refractivity contribution in [2.24, 2.45) is 5.41 Å². The van der Waals surface area contributed by atoms with Crippen LogP contribution in [0.4, 0.5) is 11.8 Å². The number of nitrogens with one attached hydrogen (secondary N) is 3. The van der Waals surface area contributed by atoms with Crippen LogP contribution in [0.3, 0.4) is 0 Å². The predicted molar refractivity (Wildman–Crippen MR) is 257 cm³/mol. The molecule has 20 heteroatoms. The van der Waals surface area contributed by atoms with E-state index in [0.29, 0.717) is 110 Å². The first kappa shape index (κ1) is 51.8. The Balaban J connectivity index is 0.791. The Morgan fingerprint density at radius 1 is 0.857 bits per heavy atom. The molecule has 5 heterocycles. The number of nitriles is 1. The van der Waals surface area contributed by atoms with Crippen molar-refractivity contribution in [3.63, 3.8) is 0 Å². The molecule has 70 heavy (non-hydrogen) atoms. The van der Waals surface area contributed by atoms with Crippen LogP contribution in [0.15, 0.2) is 85.5 Å². The van der Waals surface area contributed by atoms with Crippen LogP contribution >= 0.6 is 0 Å². The van der Waals surface area contributed by atoms with E-state index in [2.05, 4.69) is 42.0 Å². The summed E-state index contributed by atoms with van der Waals surface area (Å²) in [6, 6.07) is 17.9. The van der Waals surface area contributed by atoms with Gasteiger partial charge < -0.3 is 49.6 Å². The Labute approximate surface area is 406 Å². The molecular formula is C50H58N10O10. The average Bonchev–Trinajstić information content (AvgIpc) is 3.53. The van der Waals surface area contributed by atoms with Gasteiger partial charge in [0.25, 0.3) is 11.8 Å². The van der Waals surface area contributed by atoms with Crippen molar-refractivity contribution in [3.05, 3.63) is 108 Å². The Hall–Kier alpha value is -7.60. The number of aromatic nitrogens is 5. The molecule has 1 atom stereocenters. The van der Waals surface area contributed by atoms with Crippen molar-refractivity contribution in [1.82, 2.24) is 35.6 Å². The smallest absolute Gasteiger partial charge is 0.326 e. The molecule has 0 fully saturated rings. The molecule has 368 valence electrons. The minimum Gasteiger partial charge on any atom is -0.484 e. The highest BCUT2D eigenvalue weighted by Gasteiger charge is 2.45. The maximum atomic E-state index is 13.3. The summed E-state index contributed by atoms with van der Waals surface area (Å²) in [5.41, 5.74) is 2.06. The quantitative estimate of drug-likeness (QED) is 0.0489. The van der Waals surface area contributed by atoms with Crippen LogP contribution in [-0.4, -0.2) is 125 Å². The number of hydrogen-bond acceptors (Lipinski definition) is 17. The lowest BCUT2D eigenvalue weighted by Gasteiger charge is -2.32. The zero-order valence-corrected chi connectivity index (χ0v) is 39.9. The molecule has 0 unspecified atom stereocenters. The summed E-state index contributed by atoms with van der Waals surface area (Å²) in [7, 11) is 0. The largest absolute Gasteiger partial charge is 0.484 e. The summed E-state index contributed by atoms with van der Waals surface area (Å²) < 4.78 is 28.2. The highest BCUT2D eigenvalue weighted by molar-refractivity contribution is 6.13. The zero-order valence-electron chi connectivity index (χ0n) is 39.9. The molecule has 1 aromatic carbocycles. The SMILES string of the molecule is CC(C)(C)CC[C@H](NC(=O)c1ccc(Oc2cccc(OCC(=O)NCCOCCOCCOCCNc3ncc(-c4ccc5c(n4)N(Cc4cccnc4C#N)C(C)(C)C5=O)cn3)c2)nc1)C(=O)O. The second kappa shape index (κ2) is 24.6. The van der Waals surface area contributed by atoms with Crippen LogP contribution in [0.2, 0.25) is 0 Å². The number of pyridine rings is 3. The van der Waals surface area contributed by atoms with Crippen LogP contribution in [-0.2, 0) is 30.3 Å². The molecule has 6 rings (SSSR count). The average molecular weight is 959 g/mol. The molecule has 0 saturated carbocycles. The number of Topliss-reactive ketones (excluding diaryl/α,β-unsaturated/α-hetero) is 1. The molecule has 1 aliphatic rings. The number of nitrogens with zero attached hydrogens (tertiary/aromatic N) is 7. The number of hydrogen-bond donors (Lipinski definition) is 4. The molecule has 0 bridgehead atoms. The normalized spacial score (nSPS) is 13.2. The molecule has 0 saturated heterocycles. The van der Waals surface area contributed by atoms with Gasteiger partial charge in [0.05, 0.1) is 62.0 Å². The Kier molecular flexibility index (Phi) is 18.2. The minimum absolute atomic E-state index is 0.0498. The lowest BCUT2D eigenvalue weighted by Crippen LogP contribution is -2.44. The number of benzene rings is 1. The number of fused-ring (bicyclic) bond motifs is 1. The second-order valence-electron chi connectivity index (χ2n) is 17.8.